The second-order valence-corrected chi connectivity index (χ2v) is 4.99. The van der Waals surface area contributed by atoms with E-state index in [-0.39, 0.29) is 18.2 Å². The zero-order valence-corrected chi connectivity index (χ0v) is 11.7. The van der Waals surface area contributed by atoms with Gasteiger partial charge in [-0.05, 0) is 19.9 Å². The Hall–Kier alpha value is -1.85. The number of para-hydroxylation sites is 1. The summed E-state index contributed by atoms with van der Waals surface area (Å²) in [6, 6.07) is 7.31. The molecule has 1 aromatic heterocycles. The van der Waals surface area contributed by atoms with E-state index in [0.717, 1.165) is 0 Å². The molecule has 0 saturated heterocycles. The minimum atomic E-state index is -0.988. The number of rotatable bonds is 6. The predicted molar refractivity (Wildman–Crippen MR) is 75.8 cm³/mol. The summed E-state index contributed by atoms with van der Waals surface area (Å²) >= 11 is 0. The molecule has 0 amide bonds. The quantitative estimate of drug-likeness (QED) is 0.847. The number of carboxylic acids is 1. The molecule has 2 rings (SSSR count). The lowest BCUT2D eigenvalue weighted by atomic mass is 10.1. The number of hydrogen-bond donors (Lipinski definition) is 2. The summed E-state index contributed by atoms with van der Waals surface area (Å²) in [7, 11) is 0. The Morgan fingerprint density at radius 3 is 2.65 bits per heavy atom. The topological polar surface area (TPSA) is 73.9 Å². The summed E-state index contributed by atoms with van der Waals surface area (Å²) in [5.74, 6) is -0.557. The maximum atomic E-state index is 11.5. The summed E-state index contributed by atoms with van der Waals surface area (Å²) in [5.41, 5.74) is 0.789. The van der Waals surface area contributed by atoms with Crippen LogP contribution in [0.1, 0.15) is 30.0 Å². The molecule has 0 saturated carbocycles. The highest BCUT2D eigenvalue weighted by Gasteiger charge is 2.22. The largest absolute Gasteiger partial charge is 0.478 e. The fraction of sp³-hybridized carbons (Fsp3) is 0.400. The molecule has 108 valence electrons. The van der Waals surface area contributed by atoms with Crippen LogP contribution in [0.2, 0.25) is 0 Å². The molecule has 0 spiro atoms. The van der Waals surface area contributed by atoms with Crippen molar-refractivity contribution >= 4 is 16.9 Å². The van der Waals surface area contributed by atoms with Gasteiger partial charge in [-0.2, -0.15) is 0 Å². The highest BCUT2D eigenvalue weighted by Crippen LogP contribution is 2.27. The monoisotopic (exact) mass is 277 g/mol. The smallest absolute Gasteiger partial charge is 0.339 e. The molecule has 0 aliphatic carbocycles. The SMILES string of the molecule is CC(C)N(CCO)Cc1oc2ccccc2c1C(=O)O. The molecule has 5 nitrogen and oxygen atoms in total. The van der Waals surface area contributed by atoms with Crippen LogP contribution >= 0.6 is 0 Å². The lowest BCUT2D eigenvalue weighted by molar-refractivity contribution is 0.0693. The molecule has 0 unspecified atom stereocenters. The van der Waals surface area contributed by atoms with Gasteiger partial charge in [-0.25, -0.2) is 4.79 Å². The van der Waals surface area contributed by atoms with Crippen molar-refractivity contribution in [2.24, 2.45) is 0 Å². The molecule has 0 aliphatic rings. The molecule has 1 heterocycles. The van der Waals surface area contributed by atoms with Crippen LogP contribution in [-0.4, -0.2) is 40.3 Å². The van der Waals surface area contributed by atoms with Crippen molar-refractivity contribution in [3.05, 3.63) is 35.6 Å². The Kier molecular flexibility index (Phi) is 4.42. The molecule has 2 N–H and O–H groups in total. The average molecular weight is 277 g/mol. The standard InChI is InChI=1S/C15H19NO4/c1-10(2)16(7-8-17)9-13-14(15(18)19)11-5-3-4-6-12(11)20-13/h3-6,10,17H,7-9H2,1-2H3,(H,18,19). The minimum Gasteiger partial charge on any atom is -0.478 e. The van der Waals surface area contributed by atoms with Crippen molar-refractivity contribution in [2.45, 2.75) is 26.4 Å². The molecule has 0 atom stereocenters. The van der Waals surface area contributed by atoms with Gasteiger partial charge >= 0.3 is 5.97 Å². The van der Waals surface area contributed by atoms with Gasteiger partial charge in [-0.1, -0.05) is 18.2 Å². The molecule has 20 heavy (non-hydrogen) atoms. The van der Waals surface area contributed by atoms with Crippen LogP contribution in [0.15, 0.2) is 28.7 Å². The first-order valence-corrected chi connectivity index (χ1v) is 6.63. The van der Waals surface area contributed by atoms with Gasteiger partial charge in [0.25, 0.3) is 0 Å². The second kappa shape index (κ2) is 6.07. The lowest BCUT2D eigenvalue weighted by Gasteiger charge is -2.24. The molecule has 0 radical (unpaired) electrons. The normalized spacial score (nSPS) is 11.7. The third-order valence-electron chi connectivity index (χ3n) is 3.35. The third-order valence-corrected chi connectivity index (χ3v) is 3.35. The van der Waals surface area contributed by atoms with Crippen molar-refractivity contribution in [2.75, 3.05) is 13.2 Å². The van der Waals surface area contributed by atoms with Gasteiger partial charge in [0.05, 0.1) is 13.2 Å². The summed E-state index contributed by atoms with van der Waals surface area (Å²) in [4.78, 5) is 13.5. The summed E-state index contributed by atoms with van der Waals surface area (Å²) < 4.78 is 5.68. The van der Waals surface area contributed by atoms with E-state index in [1.54, 1.807) is 18.2 Å². The molecular weight excluding hydrogens is 258 g/mol. The maximum absolute atomic E-state index is 11.5. The third kappa shape index (κ3) is 2.84. The highest BCUT2D eigenvalue weighted by atomic mass is 16.4. The number of benzene rings is 1. The van der Waals surface area contributed by atoms with Crippen LogP contribution in [0, 0.1) is 0 Å². The van der Waals surface area contributed by atoms with Crippen LogP contribution in [0.25, 0.3) is 11.0 Å². The van der Waals surface area contributed by atoms with Crippen molar-refractivity contribution < 1.29 is 19.4 Å². The van der Waals surface area contributed by atoms with Gasteiger partial charge in [0.1, 0.15) is 16.9 Å². The molecular formula is C15H19NO4. The summed E-state index contributed by atoms with van der Waals surface area (Å²) in [6.07, 6.45) is 0. The van der Waals surface area contributed by atoms with Crippen LogP contribution in [-0.2, 0) is 6.54 Å². The van der Waals surface area contributed by atoms with Gasteiger partial charge in [0.2, 0.25) is 0 Å². The Morgan fingerprint density at radius 2 is 2.05 bits per heavy atom. The molecule has 0 fully saturated rings. The molecule has 0 aliphatic heterocycles. The Balaban J connectivity index is 2.42. The van der Waals surface area contributed by atoms with Crippen molar-refractivity contribution in [1.82, 2.24) is 4.90 Å². The number of hydrogen-bond acceptors (Lipinski definition) is 4. The number of carboxylic acid groups (broad SMARTS) is 1. The predicted octanol–water partition coefficient (Wildman–Crippen LogP) is 2.33. The molecule has 2 aromatic rings. The number of nitrogens with zero attached hydrogens (tertiary/aromatic N) is 1. The number of furan rings is 1. The van der Waals surface area contributed by atoms with Crippen molar-refractivity contribution in [3.63, 3.8) is 0 Å². The first-order chi connectivity index (χ1) is 9.54. The highest BCUT2D eigenvalue weighted by molar-refractivity contribution is 6.03. The first-order valence-electron chi connectivity index (χ1n) is 6.63. The second-order valence-electron chi connectivity index (χ2n) is 4.99. The molecule has 0 bridgehead atoms. The van der Waals surface area contributed by atoms with E-state index < -0.39 is 5.97 Å². The Morgan fingerprint density at radius 1 is 1.35 bits per heavy atom. The van der Waals surface area contributed by atoms with Gasteiger partial charge in [-0.15, -0.1) is 0 Å². The first kappa shape index (κ1) is 14.6. The number of aliphatic hydroxyl groups excluding tert-OH is 1. The van der Waals surface area contributed by atoms with Gasteiger partial charge in [0.15, 0.2) is 0 Å². The van der Waals surface area contributed by atoms with Crippen LogP contribution in [0.5, 0.6) is 0 Å². The molecule has 1 aromatic carbocycles. The van der Waals surface area contributed by atoms with Crippen LogP contribution < -0.4 is 0 Å². The van der Waals surface area contributed by atoms with E-state index in [1.165, 1.54) is 0 Å². The van der Waals surface area contributed by atoms with E-state index in [9.17, 15) is 9.90 Å². The van der Waals surface area contributed by atoms with E-state index in [2.05, 4.69) is 0 Å². The number of fused-ring (bicyclic) bond motifs is 1. The summed E-state index contributed by atoms with van der Waals surface area (Å²) in [6.45, 7) is 4.88. The zero-order valence-electron chi connectivity index (χ0n) is 11.7. The van der Waals surface area contributed by atoms with Crippen molar-refractivity contribution in [3.8, 4) is 0 Å². The minimum absolute atomic E-state index is 0.0286. The average Bonchev–Trinajstić information content (AvgIpc) is 2.76. The van der Waals surface area contributed by atoms with Crippen LogP contribution in [0.3, 0.4) is 0 Å². The van der Waals surface area contributed by atoms with E-state index >= 15 is 0 Å². The Bertz CT molecular complexity index is 603. The van der Waals surface area contributed by atoms with E-state index in [1.807, 2.05) is 24.8 Å². The number of aliphatic hydroxyl groups is 1. The van der Waals surface area contributed by atoms with E-state index in [4.69, 9.17) is 9.52 Å². The fourth-order valence-corrected chi connectivity index (χ4v) is 2.27. The maximum Gasteiger partial charge on any atom is 0.339 e. The molecule has 5 heteroatoms. The number of carbonyl (C=O) groups is 1. The van der Waals surface area contributed by atoms with Crippen LogP contribution in [0.4, 0.5) is 0 Å². The van der Waals surface area contributed by atoms with Gasteiger partial charge < -0.3 is 14.6 Å². The van der Waals surface area contributed by atoms with E-state index in [0.29, 0.717) is 29.8 Å². The summed E-state index contributed by atoms with van der Waals surface area (Å²) in [5, 5.41) is 19.1. The zero-order chi connectivity index (χ0) is 14.7. The number of aromatic carboxylic acids is 1. The van der Waals surface area contributed by atoms with Gasteiger partial charge in [0, 0.05) is 18.0 Å². The van der Waals surface area contributed by atoms with Gasteiger partial charge in [-0.3, -0.25) is 4.90 Å². The Labute approximate surface area is 117 Å². The van der Waals surface area contributed by atoms with Crippen molar-refractivity contribution in [1.29, 1.82) is 0 Å². The lowest BCUT2D eigenvalue weighted by Crippen LogP contribution is -2.33. The fourth-order valence-electron chi connectivity index (χ4n) is 2.27.